The average molecular weight is 237 g/mol. The molecule has 90 valence electrons. The minimum atomic E-state index is 0.815. The van der Waals surface area contributed by atoms with E-state index in [-0.39, 0.29) is 0 Å². The van der Waals surface area contributed by atoms with Crippen molar-refractivity contribution in [2.24, 2.45) is 0 Å². The van der Waals surface area contributed by atoms with Crippen molar-refractivity contribution in [1.29, 1.82) is 0 Å². The summed E-state index contributed by atoms with van der Waals surface area (Å²) >= 11 is 0. The van der Waals surface area contributed by atoms with E-state index in [1.807, 2.05) is 43.5 Å². The molecular weight excluding hydrogens is 222 g/mol. The van der Waals surface area contributed by atoms with Crippen molar-refractivity contribution in [2.75, 3.05) is 0 Å². The van der Waals surface area contributed by atoms with Crippen molar-refractivity contribution in [1.82, 2.24) is 15.0 Å². The molecule has 18 heavy (non-hydrogen) atoms. The smallest absolute Gasteiger partial charge is 0.137 e. The van der Waals surface area contributed by atoms with Crippen LogP contribution in [0.2, 0.25) is 0 Å². The third-order valence-corrected chi connectivity index (χ3v) is 2.53. The van der Waals surface area contributed by atoms with E-state index < -0.39 is 0 Å². The summed E-state index contributed by atoms with van der Waals surface area (Å²) in [4.78, 5) is 11.6. The van der Waals surface area contributed by atoms with Gasteiger partial charge in [0.05, 0.1) is 11.9 Å². The number of imidazole rings is 1. The van der Waals surface area contributed by atoms with Crippen LogP contribution in [-0.4, -0.2) is 15.0 Å². The van der Waals surface area contributed by atoms with E-state index in [1.165, 1.54) is 0 Å². The predicted octanol–water partition coefficient (Wildman–Crippen LogP) is 3.62. The van der Waals surface area contributed by atoms with Crippen LogP contribution in [0.4, 0.5) is 0 Å². The summed E-state index contributed by atoms with van der Waals surface area (Å²) in [6.45, 7) is 5.77. The lowest BCUT2D eigenvalue weighted by Crippen LogP contribution is -1.84. The SMILES string of the molecule is C=C/C(=C\C=C/C)c1ncc(-c2ccncc2)[nH]1. The van der Waals surface area contributed by atoms with Crippen LogP contribution >= 0.6 is 0 Å². The number of aromatic amines is 1. The van der Waals surface area contributed by atoms with Gasteiger partial charge in [0, 0.05) is 23.5 Å². The molecule has 0 atom stereocenters. The highest BCUT2D eigenvalue weighted by atomic mass is 14.9. The summed E-state index contributed by atoms with van der Waals surface area (Å²) < 4.78 is 0. The van der Waals surface area contributed by atoms with Crippen molar-refractivity contribution in [3.8, 4) is 11.3 Å². The molecule has 0 aromatic carbocycles. The molecule has 0 aliphatic carbocycles. The molecule has 0 saturated carbocycles. The van der Waals surface area contributed by atoms with Crippen molar-refractivity contribution in [3.63, 3.8) is 0 Å². The Kier molecular flexibility index (Phi) is 3.86. The Morgan fingerprint density at radius 2 is 2.11 bits per heavy atom. The first kappa shape index (κ1) is 12.0. The summed E-state index contributed by atoms with van der Waals surface area (Å²) in [5.74, 6) is 0.815. The van der Waals surface area contributed by atoms with Gasteiger partial charge in [-0.1, -0.05) is 30.9 Å². The highest BCUT2D eigenvalue weighted by Crippen LogP contribution is 2.19. The van der Waals surface area contributed by atoms with E-state index in [0.717, 1.165) is 22.7 Å². The normalized spacial score (nSPS) is 11.9. The standard InChI is InChI=1S/C15H15N3/c1-3-5-6-12(4-2)15-17-11-14(18-15)13-7-9-16-10-8-13/h3-11H,2H2,1H3,(H,17,18)/b5-3-,12-6+. The van der Waals surface area contributed by atoms with Crippen LogP contribution in [-0.2, 0) is 0 Å². The molecule has 0 aliphatic rings. The highest BCUT2D eigenvalue weighted by Gasteiger charge is 2.04. The lowest BCUT2D eigenvalue weighted by Gasteiger charge is -1.97. The molecule has 0 unspecified atom stereocenters. The van der Waals surface area contributed by atoms with Crippen molar-refractivity contribution < 1.29 is 0 Å². The molecule has 3 heteroatoms. The Bertz CT molecular complexity index is 577. The number of pyridine rings is 1. The van der Waals surface area contributed by atoms with Gasteiger partial charge in [0.15, 0.2) is 0 Å². The van der Waals surface area contributed by atoms with Crippen LogP contribution in [0.25, 0.3) is 16.8 Å². The number of hydrogen-bond donors (Lipinski definition) is 1. The topological polar surface area (TPSA) is 41.6 Å². The van der Waals surface area contributed by atoms with Crippen LogP contribution in [0.3, 0.4) is 0 Å². The summed E-state index contributed by atoms with van der Waals surface area (Å²) in [6.07, 6.45) is 13.0. The van der Waals surface area contributed by atoms with Gasteiger partial charge in [-0.25, -0.2) is 4.98 Å². The fourth-order valence-electron chi connectivity index (χ4n) is 1.59. The molecule has 0 aliphatic heterocycles. The third-order valence-electron chi connectivity index (χ3n) is 2.53. The summed E-state index contributed by atoms with van der Waals surface area (Å²) in [5, 5.41) is 0. The van der Waals surface area contributed by atoms with Gasteiger partial charge in [-0.2, -0.15) is 0 Å². The van der Waals surface area contributed by atoms with E-state index in [1.54, 1.807) is 18.5 Å². The van der Waals surface area contributed by atoms with Gasteiger partial charge in [-0.05, 0) is 19.1 Å². The zero-order chi connectivity index (χ0) is 12.8. The molecule has 2 heterocycles. The van der Waals surface area contributed by atoms with Crippen LogP contribution in [0.5, 0.6) is 0 Å². The first-order valence-electron chi connectivity index (χ1n) is 5.76. The zero-order valence-electron chi connectivity index (χ0n) is 10.3. The predicted molar refractivity (Wildman–Crippen MR) is 74.8 cm³/mol. The second kappa shape index (κ2) is 5.77. The fourth-order valence-corrected chi connectivity index (χ4v) is 1.59. The van der Waals surface area contributed by atoms with Crippen molar-refractivity contribution in [3.05, 3.63) is 67.4 Å². The monoisotopic (exact) mass is 237 g/mol. The number of nitrogens with zero attached hydrogens (tertiary/aromatic N) is 2. The molecule has 2 aromatic heterocycles. The van der Waals surface area contributed by atoms with Gasteiger partial charge in [0.1, 0.15) is 5.82 Å². The Morgan fingerprint density at radius 1 is 1.33 bits per heavy atom. The van der Waals surface area contributed by atoms with Crippen molar-refractivity contribution >= 4 is 5.57 Å². The van der Waals surface area contributed by atoms with Crippen LogP contribution in [0.1, 0.15) is 12.7 Å². The molecule has 2 aromatic rings. The first-order chi connectivity index (χ1) is 8.85. The first-order valence-corrected chi connectivity index (χ1v) is 5.76. The molecule has 0 amide bonds. The molecule has 2 rings (SSSR count). The molecule has 0 radical (unpaired) electrons. The number of aromatic nitrogens is 3. The molecule has 0 fully saturated rings. The van der Waals surface area contributed by atoms with Crippen molar-refractivity contribution in [2.45, 2.75) is 6.92 Å². The second-order valence-corrected chi connectivity index (χ2v) is 3.73. The third kappa shape index (κ3) is 2.63. The zero-order valence-corrected chi connectivity index (χ0v) is 10.3. The van der Waals surface area contributed by atoms with Gasteiger partial charge >= 0.3 is 0 Å². The second-order valence-electron chi connectivity index (χ2n) is 3.73. The number of H-pyrrole nitrogens is 1. The summed E-state index contributed by atoms with van der Waals surface area (Å²) in [7, 11) is 0. The minimum absolute atomic E-state index is 0.815. The Labute approximate surface area is 107 Å². The van der Waals surface area contributed by atoms with E-state index in [2.05, 4.69) is 21.5 Å². The maximum absolute atomic E-state index is 4.37. The van der Waals surface area contributed by atoms with Crippen LogP contribution < -0.4 is 0 Å². The van der Waals surface area contributed by atoms with Gasteiger partial charge in [-0.3, -0.25) is 4.98 Å². The lowest BCUT2D eigenvalue weighted by molar-refractivity contribution is 1.24. The maximum atomic E-state index is 4.37. The van der Waals surface area contributed by atoms with Crippen LogP contribution in [0, 0.1) is 0 Å². The van der Waals surface area contributed by atoms with E-state index in [4.69, 9.17) is 0 Å². The average Bonchev–Trinajstić information content (AvgIpc) is 2.90. The molecule has 0 bridgehead atoms. The number of nitrogens with one attached hydrogen (secondary N) is 1. The number of allylic oxidation sites excluding steroid dienone is 5. The summed E-state index contributed by atoms with van der Waals surface area (Å²) in [5.41, 5.74) is 3.01. The van der Waals surface area contributed by atoms with Gasteiger partial charge in [0.2, 0.25) is 0 Å². The maximum Gasteiger partial charge on any atom is 0.137 e. The fraction of sp³-hybridized carbons (Fsp3) is 0.0667. The molecule has 1 N–H and O–H groups in total. The largest absolute Gasteiger partial charge is 0.338 e. The van der Waals surface area contributed by atoms with Gasteiger partial charge in [-0.15, -0.1) is 0 Å². The van der Waals surface area contributed by atoms with Crippen LogP contribution in [0.15, 0.2) is 61.6 Å². The van der Waals surface area contributed by atoms with E-state index in [0.29, 0.717) is 0 Å². The van der Waals surface area contributed by atoms with E-state index >= 15 is 0 Å². The minimum Gasteiger partial charge on any atom is -0.338 e. The molecular formula is C15H15N3. The highest BCUT2D eigenvalue weighted by molar-refractivity contribution is 5.72. The Hall–Kier alpha value is -2.42. The molecule has 3 nitrogen and oxygen atoms in total. The molecule has 0 saturated heterocycles. The Morgan fingerprint density at radius 3 is 2.78 bits per heavy atom. The Balaban J connectivity index is 2.33. The quantitative estimate of drug-likeness (QED) is 0.825. The van der Waals surface area contributed by atoms with E-state index in [9.17, 15) is 0 Å². The number of rotatable bonds is 4. The van der Waals surface area contributed by atoms with Gasteiger partial charge in [0.25, 0.3) is 0 Å². The lowest BCUT2D eigenvalue weighted by atomic mass is 10.2. The summed E-state index contributed by atoms with van der Waals surface area (Å²) in [6, 6.07) is 3.89. The molecule has 0 spiro atoms. The number of hydrogen-bond acceptors (Lipinski definition) is 2. The van der Waals surface area contributed by atoms with Gasteiger partial charge < -0.3 is 4.98 Å².